The van der Waals surface area contributed by atoms with Gasteiger partial charge in [0.1, 0.15) is 6.04 Å². The summed E-state index contributed by atoms with van der Waals surface area (Å²) in [5.41, 5.74) is 5.38. The van der Waals surface area contributed by atoms with Crippen molar-refractivity contribution in [1.29, 1.82) is 0 Å². The number of carboxylic acids is 2. The molecule has 80 valence electrons. The first-order valence-electron chi connectivity index (χ1n) is 4.32. The van der Waals surface area contributed by atoms with Crippen LogP contribution in [-0.2, 0) is 9.59 Å². The van der Waals surface area contributed by atoms with Crippen LogP contribution in [0.25, 0.3) is 0 Å². The van der Waals surface area contributed by atoms with E-state index in [2.05, 4.69) is 12.6 Å². The largest absolute Gasteiger partial charge is 0.481 e. The van der Waals surface area contributed by atoms with Gasteiger partial charge in [-0.1, -0.05) is 0 Å². The van der Waals surface area contributed by atoms with Crippen LogP contribution in [0.4, 0.5) is 0 Å². The number of rotatable bonds is 5. The predicted octanol–water partition coefficient (Wildman–Crippen LogP) is -0.335. The predicted molar refractivity (Wildman–Crippen MR) is 52.2 cm³/mol. The lowest BCUT2D eigenvalue weighted by Crippen LogP contribution is -2.34. The van der Waals surface area contributed by atoms with Crippen LogP contribution >= 0.6 is 12.6 Å². The lowest BCUT2D eigenvalue weighted by Gasteiger charge is -2.03. The summed E-state index contributed by atoms with van der Waals surface area (Å²) in [5.74, 6) is -2.71. The van der Waals surface area contributed by atoms with Crippen molar-refractivity contribution < 1.29 is 19.8 Å². The molecule has 5 nitrogen and oxygen atoms in total. The summed E-state index contributed by atoms with van der Waals surface area (Å²) < 4.78 is 0. The average molecular weight is 219 g/mol. The number of carbonyl (C=O) groups is 2. The molecule has 0 radical (unpaired) electrons. The van der Waals surface area contributed by atoms with Gasteiger partial charge in [-0.05, 0) is 18.1 Å². The Morgan fingerprint density at radius 2 is 2.00 bits per heavy atom. The molecule has 0 heterocycles. The Labute approximate surface area is 86.7 Å². The first-order chi connectivity index (χ1) is 6.50. The molecule has 1 fully saturated rings. The number of carboxylic acid groups (broad SMARTS) is 2. The summed E-state index contributed by atoms with van der Waals surface area (Å²) >= 11 is 3.99. The zero-order chi connectivity index (χ0) is 10.9. The van der Waals surface area contributed by atoms with E-state index in [9.17, 15) is 9.59 Å². The summed E-state index contributed by atoms with van der Waals surface area (Å²) in [7, 11) is 0. The number of nitrogens with two attached hydrogens (primary N) is 1. The molecule has 1 aliphatic carbocycles. The third-order valence-corrected chi connectivity index (χ3v) is 2.94. The average Bonchev–Trinajstić information content (AvgIpc) is 2.78. The van der Waals surface area contributed by atoms with E-state index in [1.165, 1.54) is 0 Å². The molecule has 0 spiro atoms. The van der Waals surface area contributed by atoms with E-state index in [1.807, 2.05) is 0 Å². The summed E-state index contributed by atoms with van der Waals surface area (Å²) in [6, 6.07) is -1.07. The number of thiol groups is 1. The molecule has 6 heteroatoms. The number of aliphatic carboxylic acids is 2. The van der Waals surface area contributed by atoms with Crippen LogP contribution < -0.4 is 5.73 Å². The zero-order valence-corrected chi connectivity index (χ0v) is 8.35. The Bertz CT molecular complexity index is 258. The van der Waals surface area contributed by atoms with Crippen LogP contribution in [0, 0.1) is 17.8 Å². The number of hydrogen-bond acceptors (Lipinski definition) is 4. The second-order valence-corrected chi connectivity index (χ2v) is 3.93. The monoisotopic (exact) mass is 219 g/mol. The molecule has 14 heavy (non-hydrogen) atoms. The van der Waals surface area contributed by atoms with E-state index in [0.29, 0.717) is 12.2 Å². The molecule has 0 unspecified atom stereocenters. The van der Waals surface area contributed by atoms with E-state index in [1.54, 1.807) is 0 Å². The molecule has 1 saturated carbocycles. The van der Waals surface area contributed by atoms with Gasteiger partial charge in [-0.3, -0.25) is 9.59 Å². The Morgan fingerprint density at radius 1 is 1.43 bits per heavy atom. The Balaban J connectivity index is 2.62. The van der Waals surface area contributed by atoms with Crippen molar-refractivity contribution in [2.45, 2.75) is 12.5 Å². The van der Waals surface area contributed by atoms with Gasteiger partial charge in [-0.15, -0.1) is 0 Å². The first-order valence-corrected chi connectivity index (χ1v) is 4.96. The topological polar surface area (TPSA) is 101 Å². The van der Waals surface area contributed by atoms with Crippen molar-refractivity contribution in [2.24, 2.45) is 23.5 Å². The standard InChI is InChI=1S/C8H13NO4S/c9-6(8(12)13)4-3(1-2-14)5(4)7(10)11/h3-6,14H,1-2,9H2,(H,10,11)(H,12,13)/t3-,4+,5+,6+/m1/s1. The molecular weight excluding hydrogens is 206 g/mol. The second-order valence-electron chi connectivity index (χ2n) is 3.48. The lowest BCUT2D eigenvalue weighted by atomic mass is 10.1. The zero-order valence-electron chi connectivity index (χ0n) is 7.46. The molecule has 0 bridgehead atoms. The minimum Gasteiger partial charge on any atom is -0.481 e. The Kier molecular flexibility index (Phi) is 3.38. The van der Waals surface area contributed by atoms with Crippen molar-refractivity contribution >= 4 is 24.6 Å². The van der Waals surface area contributed by atoms with Crippen LogP contribution in [0.3, 0.4) is 0 Å². The highest BCUT2D eigenvalue weighted by atomic mass is 32.1. The van der Waals surface area contributed by atoms with Crippen LogP contribution in [0.2, 0.25) is 0 Å². The fourth-order valence-corrected chi connectivity index (χ4v) is 2.22. The maximum absolute atomic E-state index is 10.7. The van der Waals surface area contributed by atoms with Crippen molar-refractivity contribution in [1.82, 2.24) is 0 Å². The Hall–Kier alpha value is -0.750. The van der Waals surface area contributed by atoms with Crippen LogP contribution in [0.5, 0.6) is 0 Å². The minimum absolute atomic E-state index is 0.129. The first kappa shape index (κ1) is 11.3. The lowest BCUT2D eigenvalue weighted by molar-refractivity contribution is -0.140. The maximum atomic E-state index is 10.7. The fourth-order valence-electron chi connectivity index (χ4n) is 1.92. The molecule has 0 aliphatic heterocycles. The van der Waals surface area contributed by atoms with Crippen LogP contribution in [0.15, 0.2) is 0 Å². The highest BCUT2D eigenvalue weighted by Gasteiger charge is 2.58. The van der Waals surface area contributed by atoms with E-state index in [4.69, 9.17) is 15.9 Å². The van der Waals surface area contributed by atoms with Gasteiger partial charge in [0.25, 0.3) is 0 Å². The minimum atomic E-state index is -1.14. The van der Waals surface area contributed by atoms with E-state index in [-0.39, 0.29) is 5.92 Å². The van der Waals surface area contributed by atoms with Gasteiger partial charge < -0.3 is 15.9 Å². The highest BCUT2D eigenvalue weighted by Crippen LogP contribution is 2.50. The normalized spacial score (nSPS) is 32.3. The van der Waals surface area contributed by atoms with Gasteiger partial charge in [0, 0.05) is 5.92 Å². The van der Waals surface area contributed by atoms with Gasteiger partial charge in [0.05, 0.1) is 5.92 Å². The summed E-state index contributed by atoms with van der Waals surface area (Å²) in [4.78, 5) is 21.3. The number of hydrogen-bond donors (Lipinski definition) is 4. The fraction of sp³-hybridized carbons (Fsp3) is 0.750. The molecule has 0 amide bonds. The van der Waals surface area contributed by atoms with Gasteiger partial charge in [0.2, 0.25) is 0 Å². The maximum Gasteiger partial charge on any atom is 0.320 e. The quantitative estimate of drug-likeness (QED) is 0.474. The molecular formula is C8H13NO4S. The molecule has 0 aromatic carbocycles. The Morgan fingerprint density at radius 3 is 2.36 bits per heavy atom. The molecule has 0 aromatic heterocycles. The van der Waals surface area contributed by atoms with E-state index < -0.39 is 29.8 Å². The van der Waals surface area contributed by atoms with E-state index in [0.717, 1.165) is 0 Å². The van der Waals surface area contributed by atoms with E-state index >= 15 is 0 Å². The second kappa shape index (κ2) is 4.18. The molecule has 0 saturated heterocycles. The summed E-state index contributed by atoms with van der Waals surface area (Å²) in [6.45, 7) is 0. The van der Waals surface area contributed by atoms with Gasteiger partial charge in [-0.25, -0.2) is 0 Å². The SMILES string of the molecule is N[C@H](C(=O)O)[C@H]1[C@@H](CCS)[C@@H]1C(=O)O. The van der Waals surface area contributed by atoms with Crippen LogP contribution in [0.1, 0.15) is 6.42 Å². The van der Waals surface area contributed by atoms with Crippen molar-refractivity contribution in [3.63, 3.8) is 0 Å². The third-order valence-electron chi connectivity index (χ3n) is 2.68. The molecule has 1 aliphatic rings. The summed E-state index contributed by atoms with van der Waals surface area (Å²) in [6.07, 6.45) is 0.603. The smallest absolute Gasteiger partial charge is 0.320 e. The highest BCUT2D eigenvalue weighted by molar-refractivity contribution is 7.80. The van der Waals surface area contributed by atoms with Gasteiger partial charge >= 0.3 is 11.9 Å². The van der Waals surface area contributed by atoms with Gasteiger partial charge in [-0.2, -0.15) is 12.6 Å². The molecule has 0 aromatic rings. The molecule has 1 rings (SSSR count). The molecule has 4 N–H and O–H groups in total. The third kappa shape index (κ3) is 2.01. The van der Waals surface area contributed by atoms with Crippen LogP contribution in [-0.4, -0.2) is 33.9 Å². The summed E-state index contributed by atoms with van der Waals surface area (Å²) in [5, 5.41) is 17.4. The van der Waals surface area contributed by atoms with Crippen molar-refractivity contribution in [3.8, 4) is 0 Å². The van der Waals surface area contributed by atoms with Crippen molar-refractivity contribution in [2.75, 3.05) is 5.75 Å². The van der Waals surface area contributed by atoms with Crippen molar-refractivity contribution in [3.05, 3.63) is 0 Å². The molecule has 4 atom stereocenters. The van der Waals surface area contributed by atoms with Gasteiger partial charge in [0.15, 0.2) is 0 Å².